The average molecular weight is 282 g/mol. The number of carbonyl (C=O) groups excluding carboxylic acids is 1. The summed E-state index contributed by atoms with van der Waals surface area (Å²) in [6.45, 7) is 2.58. The van der Waals surface area contributed by atoms with Crippen LogP contribution in [0.1, 0.15) is 18.1 Å². The number of hydrogen-bond donors (Lipinski definition) is 1. The summed E-state index contributed by atoms with van der Waals surface area (Å²) in [6, 6.07) is 13.7. The van der Waals surface area contributed by atoms with Gasteiger partial charge < -0.3 is 10.1 Å². The summed E-state index contributed by atoms with van der Waals surface area (Å²) in [4.78, 5) is 14.0. The van der Waals surface area contributed by atoms with Gasteiger partial charge in [-0.2, -0.15) is 0 Å². The fourth-order valence-corrected chi connectivity index (χ4v) is 2.64. The number of nitrogens with zero attached hydrogens (tertiary/aromatic N) is 1. The van der Waals surface area contributed by atoms with Gasteiger partial charge in [-0.15, -0.1) is 0 Å². The Labute approximate surface area is 124 Å². The second-order valence-electron chi connectivity index (χ2n) is 4.98. The molecular formula is C17H18N2O2. The smallest absolute Gasteiger partial charge is 0.326 e. The number of urea groups is 1. The van der Waals surface area contributed by atoms with Crippen molar-refractivity contribution in [2.75, 3.05) is 12.0 Å². The minimum absolute atomic E-state index is 0.107. The van der Waals surface area contributed by atoms with Gasteiger partial charge in [-0.1, -0.05) is 25.1 Å². The number of hydrogen-bond acceptors (Lipinski definition) is 2. The van der Waals surface area contributed by atoms with Crippen LogP contribution < -0.4 is 15.0 Å². The topological polar surface area (TPSA) is 41.6 Å². The minimum Gasteiger partial charge on any atom is -0.496 e. The van der Waals surface area contributed by atoms with Gasteiger partial charge in [0.2, 0.25) is 0 Å². The zero-order valence-corrected chi connectivity index (χ0v) is 12.2. The predicted molar refractivity (Wildman–Crippen MR) is 83.2 cm³/mol. The van der Waals surface area contributed by atoms with Gasteiger partial charge in [-0.25, -0.2) is 4.79 Å². The molecule has 1 heterocycles. The molecule has 2 aromatic carbocycles. The molecule has 2 aromatic rings. The van der Waals surface area contributed by atoms with Gasteiger partial charge in [-0.3, -0.25) is 4.90 Å². The Balaban J connectivity index is 2.19. The van der Waals surface area contributed by atoms with Crippen molar-refractivity contribution in [3.8, 4) is 5.75 Å². The third kappa shape index (κ3) is 2.33. The highest BCUT2D eigenvalue weighted by molar-refractivity contribution is 6.02. The molecule has 0 spiro atoms. The summed E-state index contributed by atoms with van der Waals surface area (Å²) < 4.78 is 5.50. The molecule has 108 valence electrons. The molecule has 0 bridgehead atoms. The number of benzene rings is 2. The Kier molecular flexibility index (Phi) is 3.52. The number of carbonyl (C=O) groups is 1. The highest BCUT2D eigenvalue weighted by atomic mass is 16.5. The van der Waals surface area contributed by atoms with Crippen molar-refractivity contribution >= 4 is 17.4 Å². The van der Waals surface area contributed by atoms with Crippen LogP contribution in [-0.2, 0) is 13.0 Å². The Morgan fingerprint density at radius 3 is 2.67 bits per heavy atom. The SMILES string of the molecule is CCc1cc(OC)c2c(c1)N(c1ccccc1)C(=O)NC2. The van der Waals surface area contributed by atoms with Gasteiger partial charge in [-0.05, 0) is 36.2 Å². The van der Waals surface area contributed by atoms with Gasteiger partial charge in [0.25, 0.3) is 0 Å². The number of amides is 2. The minimum atomic E-state index is -0.107. The first kappa shape index (κ1) is 13.5. The Morgan fingerprint density at radius 2 is 2.00 bits per heavy atom. The lowest BCUT2D eigenvalue weighted by Gasteiger charge is -2.31. The zero-order chi connectivity index (χ0) is 14.8. The maximum absolute atomic E-state index is 12.3. The molecule has 1 aliphatic heterocycles. The van der Waals surface area contributed by atoms with Crippen LogP contribution in [0.2, 0.25) is 0 Å². The van der Waals surface area contributed by atoms with Crippen LogP contribution in [0, 0.1) is 0 Å². The third-order valence-electron chi connectivity index (χ3n) is 3.75. The van der Waals surface area contributed by atoms with Crippen LogP contribution in [0.3, 0.4) is 0 Å². The summed E-state index contributed by atoms with van der Waals surface area (Å²) in [5, 5.41) is 2.91. The first-order valence-electron chi connectivity index (χ1n) is 7.07. The van der Waals surface area contributed by atoms with Gasteiger partial charge in [0.15, 0.2) is 0 Å². The van der Waals surface area contributed by atoms with Gasteiger partial charge in [0, 0.05) is 5.56 Å². The molecule has 0 unspecified atom stereocenters. The lowest BCUT2D eigenvalue weighted by atomic mass is 10.0. The van der Waals surface area contributed by atoms with E-state index in [0.717, 1.165) is 34.7 Å². The summed E-state index contributed by atoms with van der Waals surface area (Å²) >= 11 is 0. The largest absolute Gasteiger partial charge is 0.496 e. The molecule has 0 aromatic heterocycles. The Hall–Kier alpha value is -2.49. The molecule has 4 nitrogen and oxygen atoms in total. The quantitative estimate of drug-likeness (QED) is 0.934. The number of aryl methyl sites for hydroxylation is 1. The zero-order valence-electron chi connectivity index (χ0n) is 12.2. The molecule has 0 radical (unpaired) electrons. The second kappa shape index (κ2) is 5.48. The lowest BCUT2D eigenvalue weighted by molar-refractivity contribution is 0.246. The van der Waals surface area contributed by atoms with Crippen molar-refractivity contribution in [1.82, 2.24) is 5.32 Å². The molecule has 1 N–H and O–H groups in total. The van der Waals surface area contributed by atoms with Crippen LogP contribution in [0.25, 0.3) is 0 Å². The average Bonchev–Trinajstić information content (AvgIpc) is 2.54. The number of ether oxygens (including phenoxy) is 1. The second-order valence-corrected chi connectivity index (χ2v) is 4.98. The van der Waals surface area contributed by atoms with E-state index in [1.165, 1.54) is 0 Å². The van der Waals surface area contributed by atoms with E-state index in [4.69, 9.17) is 4.74 Å². The molecule has 0 fully saturated rings. The number of rotatable bonds is 3. The summed E-state index contributed by atoms with van der Waals surface area (Å²) in [5.41, 5.74) is 3.92. The fourth-order valence-electron chi connectivity index (χ4n) is 2.64. The number of anilines is 2. The molecule has 0 aliphatic carbocycles. The Bertz CT molecular complexity index is 668. The van der Waals surface area contributed by atoms with Crippen LogP contribution >= 0.6 is 0 Å². The molecule has 4 heteroatoms. The van der Waals surface area contributed by atoms with Crippen molar-refractivity contribution in [2.45, 2.75) is 19.9 Å². The van der Waals surface area contributed by atoms with Crippen LogP contribution in [0.15, 0.2) is 42.5 Å². The molecular weight excluding hydrogens is 264 g/mol. The van der Waals surface area contributed by atoms with Crippen molar-refractivity contribution in [2.24, 2.45) is 0 Å². The van der Waals surface area contributed by atoms with E-state index in [1.54, 1.807) is 12.0 Å². The maximum Gasteiger partial charge on any atom is 0.326 e. The number of nitrogens with one attached hydrogen (secondary N) is 1. The normalized spacial score (nSPS) is 13.6. The van der Waals surface area contributed by atoms with Gasteiger partial charge in [0.05, 0.1) is 25.0 Å². The van der Waals surface area contributed by atoms with E-state index in [1.807, 2.05) is 36.4 Å². The summed E-state index contributed by atoms with van der Waals surface area (Å²) in [7, 11) is 1.67. The summed E-state index contributed by atoms with van der Waals surface area (Å²) in [5.74, 6) is 0.824. The van der Waals surface area contributed by atoms with Crippen molar-refractivity contribution < 1.29 is 9.53 Å². The van der Waals surface area contributed by atoms with Crippen molar-refractivity contribution in [3.63, 3.8) is 0 Å². The first-order chi connectivity index (χ1) is 10.2. The molecule has 3 rings (SSSR count). The molecule has 2 amide bonds. The monoisotopic (exact) mass is 282 g/mol. The van der Waals surface area contributed by atoms with E-state index in [0.29, 0.717) is 6.54 Å². The lowest BCUT2D eigenvalue weighted by Crippen LogP contribution is -2.41. The molecule has 0 atom stereocenters. The first-order valence-corrected chi connectivity index (χ1v) is 7.07. The number of para-hydroxylation sites is 1. The van der Waals surface area contributed by atoms with E-state index < -0.39 is 0 Å². The van der Waals surface area contributed by atoms with Gasteiger partial charge >= 0.3 is 6.03 Å². The maximum atomic E-state index is 12.3. The molecule has 1 aliphatic rings. The third-order valence-corrected chi connectivity index (χ3v) is 3.75. The van der Waals surface area contributed by atoms with Crippen LogP contribution in [0.4, 0.5) is 16.2 Å². The fraction of sp³-hybridized carbons (Fsp3) is 0.235. The summed E-state index contributed by atoms with van der Waals surface area (Å²) in [6.07, 6.45) is 0.897. The van der Waals surface area contributed by atoms with Crippen LogP contribution in [0.5, 0.6) is 5.75 Å². The highest BCUT2D eigenvalue weighted by Gasteiger charge is 2.27. The van der Waals surface area contributed by atoms with E-state index in [2.05, 4.69) is 18.3 Å². The Morgan fingerprint density at radius 1 is 1.24 bits per heavy atom. The van der Waals surface area contributed by atoms with E-state index >= 15 is 0 Å². The van der Waals surface area contributed by atoms with Crippen molar-refractivity contribution in [1.29, 1.82) is 0 Å². The standard InChI is InChI=1S/C17H18N2O2/c1-3-12-9-15-14(16(10-12)21-2)11-18-17(20)19(15)13-7-5-4-6-8-13/h4-10H,3,11H2,1-2H3,(H,18,20). The predicted octanol–water partition coefficient (Wildman–Crippen LogP) is 3.62. The van der Waals surface area contributed by atoms with Crippen molar-refractivity contribution in [3.05, 3.63) is 53.6 Å². The van der Waals surface area contributed by atoms with Gasteiger partial charge in [0.1, 0.15) is 5.75 Å². The van der Waals surface area contributed by atoms with Crippen LogP contribution in [-0.4, -0.2) is 13.1 Å². The van der Waals surface area contributed by atoms with E-state index in [-0.39, 0.29) is 6.03 Å². The number of methoxy groups -OCH3 is 1. The molecule has 0 saturated carbocycles. The number of fused-ring (bicyclic) bond motifs is 1. The highest BCUT2D eigenvalue weighted by Crippen LogP contribution is 2.37. The molecule has 21 heavy (non-hydrogen) atoms. The van der Waals surface area contributed by atoms with E-state index in [9.17, 15) is 4.79 Å². The molecule has 0 saturated heterocycles.